The van der Waals surface area contributed by atoms with Gasteiger partial charge >= 0.3 is 0 Å². The first-order chi connectivity index (χ1) is 12.0. The van der Waals surface area contributed by atoms with Crippen LogP contribution in [0.5, 0.6) is 0 Å². The predicted octanol–water partition coefficient (Wildman–Crippen LogP) is 2.83. The molecule has 2 aromatic carbocycles. The van der Waals surface area contributed by atoms with Crippen molar-refractivity contribution in [2.24, 2.45) is 0 Å². The zero-order valence-electron chi connectivity index (χ0n) is 13.4. The van der Waals surface area contributed by atoms with Gasteiger partial charge in [-0.15, -0.1) is 11.3 Å². The molecular formula is C18H16N2O3S2. The minimum Gasteiger partial charge on any atom is -0.337 e. The second-order valence-electron chi connectivity index (χ2n) is 6.06. The molecule has 7 heteroatoms. The van der Waals surface area contributed by atoms with E-state index in [0.29, 0.717) is 5.56 Å². The number of amides is 1. The summed E-state index contributed by atoms with van der Waals surface area (Å²) in [6.45, 7) is 0.520. The van der Waals surface area contributed by atoms with Crippen LogP contribution in [0.15, 0.2) is 48.0 Å². The molecule has 3 aromatic rings. The summed E-state index contributed by atoms with van der Waals surface area (Å²) in [6.07, 6.45) is 0. The summed E-state index contributed by atoms with van der Waals surface area (Å²) in [6, 6.07) is 13.5. The average Bonchev–Trinajstić information content (AvgIpc) is 3.09. The highest BCUT2D eigenvalue weighted by Crippen LogP contribution is 2.26. The average molecular weight is 372 g/mol. The van der Waals surface area contributed by atoms with Crippen molar-refractivity contribution in [3.05, 3.63) is 53.5 Å². The third-order valence-electron chi connectivity index (χ3n) is 4.40. The van der Waals surface area contributed by atoms with Gasteiger partial charge in [-0.25, -0.2) is 13.4 Å². The highest BCUT2D eigenvalue weighted by molar-refractivity contribution is 7.91. The number of hydrogen-bond acceptors (Lipinski definition) is 5. The summed E-state index contributed by atoms with van der Waals surface area (Å²) >= 11 is 1.60. The van der Waals surface area contributed by atoms with Crippen LogP contribution in [0.25, 0.3) is 21.3 Å². The van der Waals surface area contributed by atoms with Crippen LogP contribution in [0, 0.1) is 0 Å². The van der Waals surface area contributed by atoms with E-state index in [2.05, 4.69) is 4.98 Å². The van der Waals surface area contributed by atoms with E-state index in [0.717, 1.165) is 21.3 Å². The van der Waals surface area contributed by atoms with Gasteiger partial charge in [0.15, 0.2) is 9.84 Å². The molecule has 1 amide bonds. The Bertz CT molecular complexity index is 1040. The van der Waals surface area contributed by atoms with Gasteiger partial charge < -0.3 is 4.90 Å². The Kier molecular flexibility index (Phi) is 4.05. The van der Waals surface area contributed by atoms with E-state index in [4.69, 9.17) is 0 Å². The molecule has 0 bridgehead atoms. The van der Waals surface area contributed by atoms with E-state index >= 15 is 0 Å². The maximum atomic E-state index is 12.7. The molecule has 0 atom stereocenters. The number of sulfone groups is 1. The lowest BCUT2D eigenvalue weighted by atomic mass is 10.0. The van der Waals surface area contributed by atoms with Crippen molar-refractivity contribution in [3.8, 4) is 11.1 Å². The van der Waals surface area contributed by atoms with E-state index in [1.54, 1.807) is 22.3 Å². The molecule has 0 unspecified atom stereocenters. The summed E-state index contributed by atoms with van der Waals surface area (Å²) in [5, 5.41) is 0. The molecule has 0 N–H and O–H groups in total. The van der Waals surface area contributed by atoms with Crippen molar-refractivity contribution in [1.29, 1.82) is 0 Å². The highest BCUT2D eigenvalue weighted by atomic mass is 32.2. The fraction of sp³-hybridized carbons (Fsp3) is 0.222. The Morgan fingerprint density at radius 3 is 2.60 bits per heavy atom. The van der Waals surface area contributed by atoms with Crippen molar-refractivity contribution >= 4 is 37.3 Å². The quantitative estimate of drug-likeness (QED) is 0.694. The second-order valence-corrected chi connectivity index (χ2v) is 9.25. The first-order valence-electron chi connectivity index (χ1n) is 7.95. The molecule has 25 heavy (non-hydrogen) atoms. The SMILES string of the molecule is O=C(c1cccc(-c2ccc3scnc3c2)c1)N1CCS(=O)(=O)CC1. The van der Waals surface area contributed by atoms with Gasteiger partial charge in [-0.05, 0) is 35.4 Å². The van der Waals surface area contributed by atoms with E-state index in [1.807, 2.05) is 41.9 Å². The van der Waals surface area contributed by atoms with Crippen molar-refractivity contribution in [2.45, 2.75) is 0 Å². The normalized spacial score (nSPS) is 16.9. The highest BCUT2D eigenvalue weighted by Gasteiger charge is 2.25. The van der Waals surface area contributed by atoms with Crippen LogP contribution >= 0.6 is 11.3 Å². The Labute approximate surface area is 149 Å². The number of hydrogen-bond donors (Lipinski definition) is 0. The smallest absolute Gasteiger partial charge is 0.253 e. The second kappa shape index (κ2) is 6.24. The van der Waals surface area contributed by atoms with Gasteiger partial charge in [-0.1, -0.05) is 18.2 Å². The van der Waals surface area contributed by atoms with E-state index in [-0.39, 0.29) is 30.5 Å². The first kappa shape index (κ1) is 16.2. The summed E-state index contributed by atoms with van der Waals surface area (Å²) in [5.74, 6) is -0.0378. The lowest BCUT2D eigenvalue weighted by Crippen LogP contribution is -2.43. The van der Waals surface area contributed by atoms with Gasteiger partial charge in [0.25, 0.3) is 5.91 Å². The molecule has 0 spiro atoms. The van der Waals surface area contributed by atoms with Crippen molar-refractivity contribution < 1.29 is 13.2 Å². The van der Waals surface area contributed by atoms with Crippen molar-refractivity contribution in [1.82, 2.24) is 9.88 Å². The Morgan fingerprint density at radius 2 is 1.80 bits per heavy atom. The molecule has 1 saturated heterocycles. The van der Waals surface area contributed by atoms with Gasteiger partial charge in [0, 0.05) is 18.7 Å². The maximum absolute atomic E-state index is 12.7. The Hall–Kier alpha value is -2.25. The monoisotopic (exact) mass is 372 g/mol. The number of fused-ring (bicyclic) bond motifs is 1. The number of carbonyl (C=O) groups excluding carboxylic acids is 1. The van der Waals surface area contributed by atoms with Gasteiger partial charge in [0.05, 0.1) is 27.2 Å². The Morgan fingerprint density at radius 1 is 1.04 bits per heavy atom. The number of aromatic nitrogens is 1. The molecule has 1 fully saturated rings. The standard InChI is InChI=1S/C18H16N2O3S2/c21-18(20-6-8-25(22,23)9-7-20)15-3-1-2-13(10-15)14-4-5-17-16(11-14)19-12-24-17/h1-5,10-12H,6-9H2. The van der Waals surface area contributed by atoms with Crippen molar-refractivity contribution in [2.75, 3.05) is 24.6 Å². The molecular weight excluding hydrogens is 356 g/mol. The number of benzene rings is 2. The lowest BCUT2D eigenvalue weighted by molar-refractivity contribution is 0.0770. The number of carbonyl (C=O) groups is 1. The van der Waals surface area contributed by atoms with Crippen molar-refractivity contribution in [3.63, 3.8) is 0 Å². The van der Waals surface area contributed by atoms with Crippen LogP contribution in [0.4, 0.5) is 0 Å². The first-order valence-corrected chi connectivity index (χ1v) is 10.7. The fourth-order valence-electron chi connectivity index (χ4n) is 2.97. The van der Waals surface area contributed by atoms with E-state index < -0.39 is 9.84 Å². The largest absolute Gasteiger partial charge is 0.337 e. The predicted molar refractivity (Wildman–Crippen MR) is 99.6 cm³/mol. The molecule has 0 radical (unpaired) electrons. The minimum atomic E-state index is -3.00. The summed E-state index contributed by atoms with van der Waals surface area (Å²) in [5.41, 5.74) is 5.30. The summed E-state index contributed by atoms with van der Waals surface area (Å²) < 4.78 is 24.2. The fourth-order valence-corrected chi connectivity index (χ4v) is 4.83. The zero-order valence-corrected chi connectivity index (χ0v) is 15.0. The molecule has 1 aromatic heterocycles. The van der Waals surface area contributed by atoms with Crippen LogP contribution in [0.3, 0.4) is 0 Å². The topological polar surface area (TPSA) is 67.3 Å². The van der Waals surface area contributed by atoms with E-state index in [9.17, 15) is 13.2 Å². The van der Waals surface area contributed by atoms with Gasteiger partial charge in [0.2, 0.25) is 0 Å². The van der Waals surface area contributed by atoms with Crippen LogP contribution in [0.2, 0.25) is 0 Å². The molecule has 128 valence electrons. The summed E-state index contributed by atoms with van der Waals surface area (Å²) in [7, 11) is -3.00. The molecule has 0 aliphatic carbocycles. The minimum absolute atomic E-state index is 0.0406. The maximum Gasteiger partial charge on any atom is 0.253 e. The van der Waals surface area contributed by atoms with E-state index in [1.165, 1.54) is 0 Å². The Balaban J connectivity index is 1.61. The van der Waals surface area contributed by atoms with Crippen LogP contribution in [-0.2, 0) is 9.84 Å². The molecule has 5 nitrogen and oxygen atoms in total. The lowest BCUT2D eigenvalue weighted by Gasteiger charge is -2.26. The zero-order chi connectivity index (χ0) is 17.4. The molecule has 2 heterocycles. The van der Waals surface area contributed by atoms with Crippen LogP contribution in [-0.4, -0.2) is 48.8 Å². The van der Waals surface area contributed by atoms with Gasteiger partial charge in [-0.2, -0.15) is 0 Å². The summed E-state index contributed by atoms with van der Waals surface area (Å²) in [4.78, 5) is 18.6. The number of rotatable bonds is 2. The van der Waals surface area contributed by atoms with Crippen LogP contribution in [0.1, 0.15) is 10.4 Å². The van der Waals surface area contributed by atoms with Gasteiger partial charge in [-0.3, -0.25) is 4.79 Å². The molecule has 0 saturated carbocycles. The third-order valence-corrected chi connectivity index (χ3v) is 6.82. The third kappa shape index (κ3) is 3.29. The van der Waals surface area contributed by atoms with Gasteiger partial charge in [0.1, 0.15) is 0 Å². The number of nitrogens with zero attached hydrogens (tertiary/aromatic N) is 2. The number of thiazole rings is 1. The molecule has 4 rings (SSSR count). The van der Waals surface area contributed by atoms with Crippen LogP contribution < -0.4 is 0 Å². The molecule has 1 aliphatic heterocycles. The molecule has 1 aliphatic rings.